The molecule has 10 heterocycles. The Morgan fingerprint density at radius 1 is 0.214 bits per heavy atom. The van der Waals surface area contributed by atoms with Crippen LogP contribution in [-0.4, -0.2) is 487 Å². The lowest BCUT2D eigenvalue weighted by Gasteiger charge is -2.41. The third-order valence-electron chi connectivity index (χ3n) is 23.8. The summed E-state index contributed by atoms with van der Waals surface area (Å²) in [7, 11) is 27.9. The van der Waals surface area contributed by atoms with Crippen molar-refractivity contribution >= 4 is 148 Å². The number of hydroxylamine groups is 10. The van der Waals surface area contributed by atoms with E-state index in [1.165, 1.54) is 0 Å². The van der Waals surface area contributed by atoms with Crippen LogP contribution in [0.5, 0.6) is 0 Å². The normalized spacial score (nSPS) is 22.6. The molecule has 10 rings (SSSR count). The number of hydrogen-bond donors (Lipinski definition) is 10. The molecule has 10 unspecified atom stereocenters. The summed E-state index contributed by atoms with van der Waals surface area (Å²) in [4.78, 5) is 317. The molecule has 0 aromatic rings. The van der Waals surface area contributed by atoms with Gasteiger partial charge in [-0.05, 0) is 105 Å². The maximum Gasteiger partial charge on any atom is 0.330 e. The maximum atomic E-state index is 12.0. The minimum absolute atomic E-state index is 0.000142. The predicted molar refractivity (Wildman–Crippen MR) is 515 cm³/mol. The fraction of sp³-hybridized carbons (Fsp3) is 0.722. The Labute approximate surface area is 845 Å². The van der Waals surface area contributed by atoms with Gasteiger partial charge in [0, 0.05) is 295 Å². The van der Waals surface area contributed by atoms with Gasteiger partial charge >= 0.3 is 29.8 Å². The van der Waals surface area contributed by atoms with E-state index in [1.54, 1.807) is 35.2 Å². The number of imide groups is 5. The summed E-state index contributed by atoms with van der Waals surface area (Å²) in [5, 5.41) is 29.3. The van der Waals surface area contributed by atoms with E-state index in [0.29, 0.717) is 120 Å². The third kappa shape index (κ3) is 48.7. The molecule has 820 valence electrons. The largest absolute Gasteiger partial charge is 0.359 e. The van der Waals surface area contributed by atoms with E-state index in [1.807, 2.05) is 70.5 Å². The van der Waals surface area contributed by atoms with E-state index in [4.69, 9.17) is 0 Å². The molecule has 55 heteroatoms. The van der Waals surface area contributed by atoms with Crippen LogP contribution >= 0.6 is 0 Å². The molecule has 0 radical (unpaired) electrons. The minimum Gasteiger partial charge on any atom is -0.359 e. The lowest BCUT2D eigenvalue weighted by atomic mass is 10.1. The highest BCUT2D eigenvalue weighted by Crippen LogP contribution is 2.20. The summed E-state index contributed by atoms with van der Waals surface area (Å²) in [6, 6.07) is 1.67. The quantitative estimate of drug-likeness (QED) is 0.0231. The highest BCUT2D eigenvalue weighted by Gasteiger charge is 2.41. The fourth-order valence-corrected chi connectivity index (χ4v) is 14.4. The standard InChI is InChI=1S/5C12H24N4O2.5C6H7NO4/c5*1-9-7-16(4)10(8-15(9)3)12(18)14-6-5-11(17)13-2;5*1-4(8)11-7-5(9)2-3-6(7)10/h5*9-10H,5-8H2,1-4H3,(H,13,17)(H,14,18);5*2-3H2,1H3/i2+1,4+1,11+1,13+1,14+1,15+1,16+1;2+1,3+1,4+1,11+1,13+1,15+1,16+1;2+1,3+1,4+1,11+1,13+1,14+1,15+1;2+1,3+1,4+1,7+1,11+1,13+1,14+1;2+1,3+1,4+1,5+1,11+1,13+1,14+1;5*1+1,4+1. The lowest BCUT2D eigenvalue weighted by Crippen LogP contribution is -2.59. The molecule has 0 saturated carbocycles. The van der Waals surface area contributed by atoms with Gasteiger partial charge in [-0.2, -0.15) is 0 Å². The van der Waals surface area contributed by atoms with Crippen LogP contribution in [0, 0.1) is 0 Å². The first kappa shape index (κ1) is 130. The van der Waals surface area contributed by atoms with Gasteiger partial charge in [-0.15, -0.1) is 25.3 Å². The second-order valence-corrected chi connectivity index (χ2v) is 35.6. The number of likely N-dealkylation sites (N-methyl/N-ethyl adjacent to an activating group) is 10. The fourth-order valence-electron chi connectivity index (χ4n) is 14.4. The van der Waals surface area contributed by atoms with Gasteiger partial charge in [0.15, 0.2) is 0 Å². The summed E-state index contributed by atoms with van der Waals surface area (Å²) >= 11 is 0. The van der Waals surface area contributed by atoms with Crippen molar-refractivity contribution in [3.05, 3.63) is 0 Å². The molecule has 10 saturated heterocycles. The number of piperazine rings is 5. The number of hydrogen-bond acceptors (Lipinski definition) is 40. The van der Waals surface area contributed by atoms with Crippen molar-refractivity contribution in [3.63, 3.8) is 0 Å². The Balaban J connectivity index is 0.000000811. The molecule has 10 atom stereocenters. The molecule has 10 aliphatic heterocycles. The molecule has 145 heavy (non-hydrogen) atoms. The van der Waals surface area contributed by atoms with E-state index in [0.717, 1.165) is 100 Å². The Morgan fingerprint density at radius 3 is 0.434 bits per heavy atom. The van der Waals surface area contributed by atoms with Gasteiger partial charge in [0.2, 0.25) is 59.1 Å². The molecule has 55 nitrogen and oxygen atoms in total. The first-order chi connectivity index (χ1) is 67.8. The van der Waals surface area contributed by atoms with Crippen LogP contribution in [0.15, 0.2) is 0 Å². The van der Waals surface area contributed by atoms with Crippen molar-refractivity contribution in [3.8, 4) is 0 Å². The zero-order valence-electron chi connectivity index (χ0n) is 88.4. The lowest BCUT2D eigenvalue weighted by molar-refractivity contribution is -0.195. The van der Waals surface area contributed by atoms with E-state index < -0.39 is 88.9 Å². The van der Waals surface area contributed by atoms with Gasteiger partial charge in [0.25, 0.3) is 59.1 Å². The highest BCUT2D eigenvalue weighted by molar-refractivity contribution is 6.04. The Bertz CT molecular complexity index is 3750. The van der Waals surface area contributed by atoms with Crippen molar-refractivity contribution in [2.75, 3.05) is 204 Å². The smallest absolute Gasteiger partial charge is 0.330 e. The van der Waals surface area contributed by atoms with Crippen LogP contribution in [0.3, 0.4) is 0 Å². The molecular weight excluding hydrogens is 1960 g/mol. The zero-order valence-corrected chi connectivity index (χ0v) is 88.4. The van der Waals surface area contributed by atoms with Crippen molar-refractivity contribution in [2.24, 2.45) is 0 Å². The number of carbonyl (C=O) groups is 25. The maximum absolute atomic E-state index is 12.0. The molecule has 10 N–H and O–H groups in total. The minimum atomic E-state index is -0.659. The van der Waals surface area contributed by atoms with Crippen LogP contribution < -0.4 is 53.2 Å². The molecular formula is C90H155N25O30. The summed E-state index contributed by atoms with van der Waals surface area (Å²) in [5.74, 6) is -8.11. The molecule has 20 amide bonds. The van der Waals surface area contributed by atoms with Crippen LogP contribution in [-0.2, 0) is 144 Å². The van der Waals surface area contributed by atoms with Gasteiger partial charge in [0.05, 0.1) is 0 Å². The topological polar surface area (TPSA) is 642 Å². The summed E-state index contributed by atoms with van der Waals surface area (Å²) in [6.45, 7) is 26.4. The monoisotopic (exact) mass is 2110 g/mol. The van der Waals surface area contributed by atoms with E-state index >= 15 is 0 Å². The first-order valence-corrected chi connectivity index (χ1v) is 47.5. The highest BCUT2D eigenvalue weighted by atomic mass is 16.8. The van der Waals surface area contributed by atoms with E-state index in [2.05, 4.69) is 161 Å². The number of carbonyl (C=O) groups excluding carboxylic acids is 25. The second kappa shape index (κ2) is 67.1. The molecule has 0 aliphatic carbocycles. The van der Waals surface area contributed by atoms with Gasteiger partial charge in [0.1, 0.15) is 30.2 Å². The molecule has 0 bridgehead atoms. The average Bonchev–Trinajstić information content (AvgIpc) is 1.84. The van der Waals surface area contributed by atoms with Crippen LogP contribution in [0.1, 0.15) is 166 Å². The van der Waals surface area contributed by atoms with E-state index in [-0.39, 0.29) is 153 Å². The number of nitrogens with one attached hydrogen (secondary N) is 10. The van der Waals surface area contributed by atoms with Crippen LogP contribution in [0.2, 0.25) is 0 Å². The summed E-state index contributed by atoms with van der Waals surface area (Å²) in [6.07, 6.45) is 2.93. The predicted octanol–water partition coefficient (Wildman–Crippen LogP) is -7.57. The Hall–Kier alpha value is -12.6. The SMILES string of the molecule is CC1CN([13CH3])C(C(=O)[15NH]CC[13C](=O)[15NH][13CH3])C[15N]1[13CH3].CC1CN([13CH3])C(C(=O)[15NH]C[13CH2][13C](=O)[15NH][13CH3])CN1[13CH3].CC1C[15N]([13CH3])C(C(=O)NCC[13C](=O)[15NH][13CH3])C[15N]1[13CH3].CC1C[15N]([13CH3])C(C(=O)[15NH]CC[13C](=O)[15NH][13CH3])C[15N]1C.CC1[13CH2]N([13CH3])C(C(=O)[15NH]CC[13C](=O)[15NH][13CH3])CN1[13CH3].[13CH3][13C](=O)ON1C(=O)CCC1=O.[13CH3][13C](=O)ON1C(=O)CCC1=O.[13CH3][13C](=O)ON1C(=O)CCC1=O.[13CH3][13C](=O)ON1C(=O)CCC1=O.[13CH3][13C](=O)ON1C(=O)CCC1=O. The van der Waals surface area contributed by atoms with E-state index in [9.17, 15) is 120 Å². The third-order valence-corrected chi connectivity index (χ3v) is 23.8. The van der Waals surface area contributed by atoms with Crippen molar-refractivity contribution in [1.29, 1.82) is 0 Å². The van der Waals surface area contributed by atoms with Crippen molar-refractivity contribution < 1.29 is 144 Å². The summed E-state index contributed by atoms with van der Waals surface area (Å²) in [5.41, 5.74) is 0. The first-order valence-electron chi connectivity index (χ1n) is 47.5. The van der Waals surface area contributed by atoms with Gasteiger partial charge in [-0.25, -0.2) is 24.0 Å². The summed E-state index contributed by atoms with van der Waals surface area (Å²) < 4.78 is 0. The number of rotatable bonds is 25. The van der Waals surface area contributed by atoms with Crippen LogP contribution in [0.4, 0.5) is 0 Å². The Kier molecular flexibility index (Phi) is 60.3. The van der Waals surface area contributed by atoms with Gasteiger partial charge in [-0.3, -0.25) is 120 Å². The molecule has 10 fully saturated rings. The Morgan fingerprint density at radius 2 is 0.331 bits per heavy atom. The molecule has 0 aromatic carbocycles. The molecule has 0 aromatic heterocycles. The number of nitrogens with zero attached hydrogens (tertiary/aromatic N) is 15. The van der Waals surface area contributed by atoms with Crippen LogP contribution in [0.25, 0.3) is 0 Å². The molecule has 0 spiro atoms. The molecule has 10 aliphatic rings. The van der Waals surface area contributed by atoms with Crippen molar-refractivity contribution in [1.82, 2.24) is 127 Å². The second-order valence-electron chi connectivity index (χ2n) is 35.6. The zero-order chi connectivity index (χ0) is 111. The van der Waals surface area contributed by atoms with Gasteiger partial charge in [-0.1, -0.05) is 0 Å². The van der Waals surface area contributed by atoms with Crippen molar-refractivity contribution in [2.45, 2.75) is 226 Å². The average molecular weight is 2110 g/mol. The number of amides is 20. The van der Waals surface area contributed by atoms with Gasteiger partial charge < -0.3 is 102 Å².